The maximum atomic E-state index is 6.18. The number of hydrogen-bond donors (Lipinski definition) is 2. The lowest BCUT2D eigenvalue weighted by molar-refractivity contribution is 0.415. The number of rotatable bonds is 5. The van der Waals surface area contributed by atoms with E-state index in [0.717, 1.165) is 11.4 Å². The lowest BCUT2D eigenvalue weighted by Crippen LogP contribution is -2.00. The van der Waals surface area contributed by atoms with Gasteiger partial charge in [-0.3, -0.25) is 0 Å². The van der Waals surface area contributed by atoms with Crippen LogP contribution in [0, 0.1) is 0 Å². The Bertz CT molecular complexity index is 857. The average molecular weight is 361 g/mol. The highest BCUT2D eigenvalue weighted by Gasteiger charge is 2.06. The van der Waals surface area contributed by atoms with Gasteiger partial charge in [-0.15, -0.1) is 0 Å². The van der Waals surface area contributed by atoms with Crippen LogP contribution >= 0.6 is 23.2 Å². The summed E-state index contributed by atoms with van der Waals surface area (Å²) in [6.45, 7) is 0. The van der Waals surface area contributed by atoms with E-state index in [1.807, 2.05) is 36.4 Å². The first-order valence-corrected chi connectivity index (χ1v) is 7.86. The highest BCUT2D eigenvalue weighted by molar-refractivity contribution is 6.43. The van der Waals surface area contributed by atoms with Crippen LogP contribution in [0.25, 0.3) is 0 Å². The van der Waals surface area contributed by atoms with Crippen molar-refractivity contribution < 1.29 is 4.74 Å². The molecule has 7 heteroatoms. The zero-order valence-corrected chi connectivity index (χ0v) is 14.3. The van der Waals surface area contributed by atoms with Crippen molar-refractivity contribution in [3.8, 4) is 5.75 Å². The third kappa shape index (κ3) is 3.88. The van der Waals surface area contributed by atoms with Crippen LogP contribution in [0.4, 0.5) is 23.1 Å². The molecule has 5 nitrogen and oxygen atoms in total. The Kier molecular flexibility index (Phi) is 5.03. The van der Waals surface area contributed by atoms with E-state index in [1.165, 1.54) is 0 Å². The Morgan fingerprint density at radius 2 is 1.83 bits per heavy atom. The van der Waals surface area contributed by atoms with Crippen LogP contribution in [-0.2, 0) is 0 Å². The predicted octanol–water partition coefficient (Wildman–Crippen LogP) is 5.28. The lowest BCUT2D eigenvalue weighted by atomic mass is 10.3. The maximum absolute atomic E-state index is 6.18. The number of methoxy groups -OCH3 is 1. The molecule has 0 saturated carbocycles. The molecule has 0 aliphatic rings. The minimum Gasteiger partial charge on any atom is -0.497 e. The quantitative estimate of drug-likeness (QED) is 0.648. The van der Waals surface area contributed by atoms with E-state index in [9.17, 15) is 0 Å². The van der Waals surface area contributed by atoms with Gasteiger partial charge < -0.3 is 15.4 Å². The fraction of sp³-hybridized carbons (Fsp3) is 0.0588. The van der Waals surface area contributed by atoms with Crippen molar-refractivity contribution in [1.29, 1.82) is 0 Å². The van der Waals surface area contributed by atoms with Gasteiger partial charge >= 0.3 is 0 Å². The summed E-state index contributed by atoms with van der Waals surface area (Å²) in [4.78, 5) is 8.62. The summed E-state index contributed by atoms with van der Waals surface area (Å²) in [7, 11) is 1.62. The Morgan fingerprint density at radius 1 is 1.00 bits per heavy atom. The number of nitrogens with zero attached hydrogens (tertiary/aromatic N) is 2. The number of aromatic nitrogens is 2. The molecular formula is C17H14Cl2N4O. The first-order chi connectivity index (χ1) is 11.7. The van der Waals surface area contributed by atoms with Crippen LogP contribution in [-0.4, -0.2) is 17.1 Å². The van der Waals surface area contributed by atoms with Crippen LogP contribution in [0.15, 0.2) is 54.7 Å². The van der Waals surface area contributed by atoms with Crippen molar-refractivity contribution in [1.82, 2.24) is 9.97 Å². The third-order valence-corrected chi connectivity index (χ3v) is 4.01. The maximum Gasteiger partial charge on any atom is 0.229 e. The molecule has 2 N–H and O–H groups in total. The zero-order chi connectivity index (χ0) is 16.9. The van der Waals surface area contributed by atoms with Crippen molar-refractivity contribution in [2.24, 2.45) is 0 Å². The lowest BCUT2D eigenvalue weighted by Gasteiger charge is -2.10. The summed E-state index contributed by atoms with van der Waals surface area (Å²) >= 11 is 12.2. The number of hydrogen-bond acceptors (Lipinski definition) is 5. The number of ether oxygens (including phenoxy) is 1. The Balaban J connectivity index is 1.80. The third-order valence-electron chi connectivity index (χ3n) is 3.20. The summed E-state index contributed by atoms with van der Waals surface area (Å²) in [5.41, 5.74) is 1.50. The molecule has 1 heterocycles. The van der Waals surface area contributed by atoms with Gasteiger partial charge in [-0.1, -0.05) is 35.3 Å². The Hall–Kier alpha value is -2.50. The van der Waals surface area contributed by atoms with Crippen molar-refractivity contribution in [2.45, 2.75) is 0 Å². The predicted molar refractivity (Wildman–Crippen MR) is 98.1 cm³/mol. The molecule has 0 radical (unpaired) electrons. The van der Waals surface area contributed by atoms with E-state index < -0.39 is 0 Å². The molecule has 2 aromatic carbocycles. The highest BCUT2D eigenvalue weighted by Crippen LogP contribution is 2.31. The van der Waals surface area contributed by atoms with Crippen molar-refractivity contribution in [2.75, 3.05) is 17.7 Å². The second kappa shape index (κ2) is 7.38. The number of nitrogens with one attached hydrogen (secondary N) is 2. The van der Waals surface area contributed by atoms with Crippen LogP contribution in [0.3, 0.4) is 0 Å². The number of anilines is 4. The molecule has 3 aromatic rings. The van der Waals surface area contributed by atoms with Crippen LogP contribution in [0.1, 0.15) is 0 Å². The SMILES string of the molecule is COc1cccc(Nc2nccc(Nc3cccc(Cl)c3Cl)n2)c1. The minimum absolute atomic E-state index is 0.445. The standard InChI is InChI=1S/C17H14Cl2N4O/c1-24-12-5-2-4-11(10-12)21-17-20-9-8-15(23-17)22-14-7-3-6-13(18)16(14)19/h2-10H,1H3,(H2,20,21,22,23). The molecule has 3 rings (SSSR count). The Labute approximate surface area is 149 Å². The largest absolute Gasteiger partial charge is 0.497 e. The summed E-state index contributed by atoms with van der Waals surface area (Å²) in [5.74, 6) is 1.80. The second-order valence-corrected chi connectivity index (χ2v) is 5.63. The highest BCUT2D eigenvalue weighted by atomic mass is 35.5. The Morgan fingerprint density at radius 3 is 2.67 bits per heavy atom. The van der Waals surface area contributed by atoms with Gasteiger partial charge in [0.05, 0.1) is 22.8 Å². The molecular weight excluding hydrogens is 347 g/mol. The summed E-state index contributed by atoms with van der Waals surface area (Å²) in [5, 5.41) is 7.18. The molecule has 0 unspecified atom stereocenters. The van der Waals surface area contributed by atoms with E-state index in [-0.39, 0.29) is 0 Å². The van der Waals surface area contributed by atoms with Gasteiger partial charge in [0.1, 0.15) is 11.6 Å². The van der Waals surface area contributed by atoms with Crippen molar-refractivity contribution in [3.63, 3.8) is 0 Å². The molecule has 0 atom stereocenters. The van der Waals surface area contributed by atoms with Gasteiger partial charge in [0, 0.05) is 18.0 Å². The van der Waals surface area contributed by atoms with E-state index in [2.05, 4.69) is 20.6 Å². The molecule has 0 bridgehead atoms. The molecule has 24 heavy (non-hydrogen) atoms. The normalized spacial score (nSPS) is 10.3. The van der Waals surface area contributed by atoms with E-state index >= 15 is 0 Å². The van der Waals surface area contributed by atoms with Crippen LogP contribution in [0.2, 0.25) is 10.0 Å². The van der Waals surface area contributed by atoms with E-state index in [1.54, 1.807) is 25.4 Å². The molecule has 0 spiro atoms. The topological polar surface area (TPSA) is 59.1 Å². The zero-order valence-electron chi connectivity index (χ0n) is 12.8. The summed E-state index contributed by atoms with van der Waals surface area (Å²) in [6.07, 6.45) is 1.65. The monoisotopic (exact) mass is 360 g/mol. The van der Waals surface area contributed by atoms with Gasteiger partial charge in [0.25, 0.3) is 0 Å². The second-order valence-electron chi connectivity index (χ2n) is 4.85. The van der Waals surface area contributed by atoms with Gasteiger partial charge in [-0.25, -0.2) is 4.98 Å². The van der Waals surface area contributed by atoms with Gasteiger partial charge in [-0.2, -0.15) is 4.98 Å². The van der Waals surface area contributed by atoms with E-state index in [4.69, 9.17) is 27.9 Å². The van der Waals surface area contributed by atoms with Crippen LogP contribution in [0.5, 0.6) is 5.75 Å². The van der Waals surface area contributed by atoms with Crippen LogP contribution < -0.4 is 15.4 Å². The molecule has 0 fully saturated rings. The number of halogens is 2. The summed E-state index contributed by atoms with van der Waals surface area (Å²) < 4.78 is 5.20. The first-order valence-electron chi connectivity index (χ1n) is 7.11. The molecule has 0 saturated heterocycles. The molecule has 122 valence electrons. The van der Waals surface area contributed by atoms with Gasteiger partial charge in [0.15, 0.2) is 0 Å². The van der Waals surface area contributed by atoms with Crippen molar-refractivity contribution in [3.05, 3.63) is 64.8 Å². The fourth-order valence-electron chi connectivity index (χ4n) is 2.06. The number of benzene rings is 2. The van der Waals surface area contributed by atoms with Crippen molar-refractivity contribution >= 4 is 46.3 Å². The minimum atomic E-state index is 0.445. The van der Waals surface area contributed by atoms with E-state index in [0.29, 0.717) is 27.5 Å². The average Bonchev–Trinajstić information content (AvgIpc) is 2.59. The van der Waals surface area contributed by atoms with Gasteiger partial charge in [-0.05, 0) is 30.3 Å². The van der Waals surface area contributed by atoms with Gasteiger partial charge in [0.2, 0.25) is 5.95 Å². The molecule has 0 aliphatic carbocycles. The fourth-order valence-corrected chi connectivity index (χ4v) is 2.40. The molecule has 0 aliphatic heterocycles. The first kappa shape index (κ1) is 16.4. The summed E-state index contributed by atoms with van der Waals surface area (Å²) in [6, 6.07) is 14.6. The molecule has 1 aromatic heterocycles. The molecule has 0 amide bonds. The smallest absolute Gasteiger partial charge is 0.229 e.